The van der Waals surface area contributed by atoms with Gasteiger partial charge in [-0.25, -0.2) is 9.99 Å². The SMILES string of the molecule is Cc1ccc(-n2c(SCC(=O)NN3C(=O)CSC3c3ccccc3Cl)nc3ccccc3c2=O)cc1. The molecule has 7 nitrogen and oxygen atoms in total. The number of halogens is 1. The van der Waals surface area contributed by atoms with E-state index >= 15 is 0 Å². The summed E-state index contributed by atoms with van der Waals surface area (Å²) in [4.78, 5) is 43.5. The first-order chi connectivity index (χ1) is 17.4. The molecule has 1 unspecified atom stereocenters. The maximum absolute atomic E-state index is 13.4. The summed E-state index contributed by atoms with van der Waals surface area (Å²) in [6, 6.07) is 21.9. The maximum Gasteiger partial charge on any atom is 0.266 e. The van der Waals surface area contributed by atoms with Crippen LogP contribution in [0.15, 0.2) is 82.7 Å². The van der Waals surface area contributed by atoms with Crippen molar-refractivity contribution < 1.29 is 9.59 Å². The Kier molecular flexibility index (Phi) is 7.04. The fraction of sp³-hybridized carbons (Fsp3) is 0.154. The predicted molar refractivity (Wildman–Crippen MR) is 144 cm³/mol. The van der Waals surface area contributed by atoms with E-state index in [1.165, 1.54) is 21.3 Å². The van der Waals surface area contributed by atoms with Crippen molar-refractivity contribution in [3.63, 3.8) is 0 Å². The van der Waals surface area contributed by atoms with Crippen LogP contribution in [-0.2, 0) is 9.59 Å². The second-order valence-corrected chi connectivity index (χ2v) is 10.6. The smallest absolute Gasteiger partial charge is 0.266 e. The van der Waals surface area contributed by atoms with Crippen LogP contribution in [0, 0.1) is 6.92 Å². The number of hydrogen-bond acceptors (Lipinski definition) is 6. The molecule has 1 aliphatic heterocycles. The Labute approximate surface area is 220 Å². The molecule has 0 radical (unpaired) electrons. The molecule has 0 bridgehead atoms. The van der Waals surface area contributed by atoms with E-state index < -0.39 is 5.37 Å². The lowest BCUT2D eigenvalue weighted by Crippen LogP contribution is -2.45. The third-order valence-corrected chi connectivity index (χ3v) is 8.13. The standard InChI is InChI=1S/C26H21ClN4O3S2/c1-16-10-12-17(13-11-16)30-24(34)19-7-3-5-9-21(19)28-26(30)36-14-22(32)29-31-23(33)15-35-25(31)18-6-2-4-8-20(18)27/h2-13,25H,14-15H2,1H3,(H,29,32). The van der Waals surface area contributed by atoms with Crippen molar-refractivity contribution in [3.05, 3.63) is 99.3 Å². The van der Waals surface area contributed by atoms with Crippen molar-refractivity contribution in [2.45, 2.75) is 17.5 Å². The van der Waals surface area contributed by atoms with E-state index in [2.05, 4.69) is 10.4 Å². The van der Waals surface area contributed by atoms with Gasteiger partial charge in [-0.2, -0.15) is 0 Å². The van der Waals surface area contributed by atoms with Crippen LogP contribution in [0.3, 0.4) is 0 Å². The summed E-state index contributed by atoms with van der Waals surface area (Å²) < 4.78 is 1.52. The van der Waals surface area contributed by atoms with Crippen molar-refractivity contribution in [2.24, 2.45) is 0 Å². The molecule has 182 valence electrons. The fourth-order valence-electron chi connectivity index (χ4n) is 3.88. The molecule has 1 saturated heterocycles. The van der Waals surface area contributed by atoms with Crippen LogP contribution in [0.1, 0.15) is 16.5 Å². The average Bonchev–Trinajstić information content (AvgIpc) is 3.23. The summed E-state index contributed by atoms with van der Waals surface area (Å²) in [5, 5.41) is 2.33. The lowest BCUT2D eigenvalue weighted by Gasteiger charge is -2.25. The topological polar surface area (TPSA) is 84.3 Å². The molecule has 0 spiro atoms. The van der Waals surface area contributed by atoms with Gasteiger partial charge in [-0.3, -0.25) is 24.4 Å². The number of benzene rings is 3. The first kappa shape index (κ1) is 24.4. The number of carbonyl (C=O) groups is 2. The number of rotatable bonds is 6. The Bertz CT molecular complexity index is 1520. The van der Waals surface area contributed by atoms with Crippen molar-refractivity contribution >= 4 is 57.8 Å². The summed E-state index contributed by atoms with van der Waals surface area (Å²) in [6.45, 7) is 1.97. The molecule has 0 saturated carbocycles. The third-order valence-electron chi connectivity index (χ3n) is 5.65. The third kappa shape index (κ3) is 4.86. The van der Waals surface area contributed by atoms with E-state index in [0.717, 1.165) is 22.9 Å². The number of nitrogens with one attached hydrogen (secondary N) is 1. The van der Waals surface area contributed by atoms with E-state index in [1.807, 2.05) is 55.5 Å². The molecule has 5 rings (SSSR count). The number of aryl methyl sites for hydroxylation is 1. The number of hydrazine groups is 1. The van der Waals surface area contributed by atoms with Gasteiger partial charge in [0.25, 0.3) is 11.5 Å². The lowest BCUT2D eigenvalue weighted by atomic mass is 10.2. The molecule has 1 aromatic heterocycles. The Morgan fingerprint density at radius 1 is 1.08 bits per heavy atom. The highest BCUT2D eigenvalue weighted by atomic mass is 35.5. The Morgan fingerprint density at radius 3 is 2.58 bits per heavy atom. The highest BCUT2D eigenvalue weighted by molar-refractivity contribution is 8.00. The largest absolute Gasteiger partial charge is 0.272 e. The zero-order valence-corrected chi connectivity index (χ0v) is 21.6. The van der Waals surface area contributed by atoms with Gasteiger partial charge in [0.1, 0.15) is 5.37 Å². The van der Waals surface area contributed by atoms with Crippen molar-refractivity contribution in [1.29, 1.82) is 0 Å². The normalized spacial score (nSPS) is 15.4. The second-order valence-electron chi connectivity index (χ2n) is 8.16. The highest BCUT2D eigenvalue weighted by Crippen LogP contribution is 2.40. The quantitative estimate of drug-likeness (QED) is 0.283. The molecule has 0 aliphatic carbocycles. The van der Waals surface area contributed by atoms with E-state index in [0.29, 0.717) is 26.8 Å². The van der Waals surface area contributed by atoms with Gasteiger partial charge in [-0.05, 0) is 37.3 Å². The Morgan fingerprint density at radius 2 is 1.81 bits per heavy atom. The van der Waals surface area contributed by atoms with Gasteiger partial charge in [0.05, 0.1) is 28.1 Å². The van der Waals surface area contributed by atoms with Crippen LogP contribution in [0.2, 0.25) is 5.02 Å². The van der Waals surface area contributed by atoms with Crippen molar-refractivity contribution in [2.75, 3.05) is 11.5 Å². The van der Waals surface area contributed by atoms with Gasteiger partial charge in [0.15, 0.2) is 5.16 Å². The van der Waals surface area contributed by atoms with Crippen LogP contribution < -0.4 is 11.0 Å². The summed E-state index contributed by atoms with van der Waals surface area (Å²) in [5.74, 6) is -0.391. The summed E-state index contributed by atoms with van der Waals surface area (Å²) in [5.41, 5.74) is 5.55. The molecule has 1 aliphatic rings. The van der Waals surface area contributed by atoms with Gasteiger partial charge in [0, 0.05) is 10.6 Å². The van der Waals surface area contributed by atoms with Gasteiger partial charge in [-0.1, -0.05) is 71.4 Å². The van der Waals surface area contributed by atoms with Crippen LogP contribution in [0.25, 0.3) is 16.6 Å². The van der Waals surface area contributed by atoms with Gasteiger partial charge in [-0.15, -0.1) is 11.8 Å². The molecular weight excluding hydrogens is 516 g/mol. The van der Waals surface area contributed by atoms with Gasteiger partial charge < -0.3 is 0 Å². The molecule has 2 heterocycles. The molecule has 36 heavy (non-hydrogen) atoms. The van der Waals surface area contributed by atoms with Gasteiger partial charge >= 0.3 is 0 Å². The van der Waals surface area contributed by atoms with Gasteiger partial charge in [0.2, 0.25) is 5.91 Å². The van der Waals surface area contributed by atoms with E-state index in [9.17, 15) is 14.4 Å². The summed E-state index contributed by atoms with van der Waals surface area (Å²) in [7, 11) is 0. The monoisotopic (exact) mass is 536 g/mol. The molecule has 1 fully saturated rings. The van der Waals surface area contributed by atoms with E-state index in [1.54, 1.807) is 24.3 Å². The van der Waals surface area contributed by atoms with E-state index in [4.69, 9.17) is 11.6 Å². The number of thioether (sulfide) groups is 2. The Balaban J connectivity index is 1.40. The lowest BCUT2D eigenvalue weighted by molar-refractivity contribution is -0.138. The van der Waals surface area contributed by atoms with Crippen molar-refractivity contribution in [1.82, 2.24) is 20.0 Å². The van der Waals surface area contributed by atoms with Crippen LogP contribution >= 0.6 is 35.1 Å². The zero-order chi connectivity index (χ0) is 25.2. The molecule has 1 N–H and O–H groups in total. The number of hydrogen-bond donors (Lipinski definition) is 1. The molecular formula is C26H21ClN4O3S2. The fourth-order valence-corrected chi connectivity index (χ4v) is 6.13. The minimum Gasteiger partial charge on any atom is -0.272 e. The molecule has 1 atom stereocenters. The Hall–Kier alpha value is -3.27. The number of para-hydroxylation sites is 1. The summed E-state index contributed by atoms with van der Waals surface area (Å²) in [6.07, 6.45) is 0. The predicted octanol–water partition coefficient (Wildman–Crippen LogP) is 4.75. The molecule has 4 aromatic rings. The molecule has 3 aromatic carbocycles. The number of aromatic nitrogens is 2. The maximum atomic E-state index is 13.4. The highest BCUT2D eigenvalue weighted by Gasteiger charge is 2.35. The van der Waals surface area contributed by atoms with E-state index in [-0.39, 0.29) is 28.9 Å². The van der Waals surface area contributed by atoms with Crippen LogP contribution in [-0.4, -0.2) is 37.9 Å². The second kappa shape index (κ2) is 10.4. The van der Waals surface area contributed by atoms with Crippen LogP contribution in [0.4, 0.5) is 0 Å². The number of carbonyl (C=O) groups excluding carboxylic acids is 2. The molecule has 10 heteroatoms. The minimum absolute atomic E-state index is 0.0413. The number of fused-ring (bicyclic) bond motifs is 1. The number of nitrogens with zero attached hydrogens (tertiary/aromatic N) is 3. The van der Waals surface area contributed by atoms with Crippen molar-refractivity contribution in [3.8, 4) is 5.69 Å². The first-order valence-electron chi connectivity index (χ1n) is 11.1. The van der Waals surface area contributed by atoms with Crippen LogP contribution in [0.5, 0.6) is 0 Å². The number of amides is 2. The summed E-state index contributed by atoms with van der Waals surface area (Å²) >= 11 is 8.87. The minimum atomic E-state index is -0.412. The zero-order valence-electron chi connectivity index (χ0n) is 19.2. The average molecular weight is 537 g/mol. The molecule has 2 amide bonds. The first-order valence-corrected chi connectivity index (χ1v) is 13.5.